The van der Waals surface area contributed by atoms with Crippen LogP contribution in [0.5, 0.6) is 0 Å². The molecule has 0 saturated heterocycles. The zero-order valence-electron chi connectivity index (χ0n) is 11.6. The molecule has 0 amide bonds. The van der Waals surface area contributed by atoms with Gasteiger partial charge in [0.05, 0.1) is 0 Å². The minimum absolute atomic E-state index is 0.318. The summed E-state index contributed by atoms with van der Waals surface area (Å²) in [5.41, 5.74) is 0.997. The first kappa shape index (κ1) is 13.1. The van der Waals surface area contributed by atoms with E-state index in [9.17, 15) is 4.39 Å². The average molecular weight is 239 g/mol. The Morgan fingerprint density at radius 3 is 2.35 bits per heavy atom. The molecule has 1 fully saturated rings. The van der Waals surface area contributed by atoms with Crippen molar-refractivity contribution in [2.45, 2.75) is 77.6 Å². The monoisotopic (exact) mass is 239 g/mol. The third-order valence-electron chi connectivity index (χ3n) is 4.19. The van der Waals surface area contributed by atoms with Gasteiger partial charge in [-0.05, 0) is 44.4 Å². The lowest BCUT2D eigenvalue weighted by atomic mass is 9.76. The molecule has 98 valence electrons. The van der Waals surface area contributed by atoms with E-state index >= 15 is 0 Å². The summed E-state index contributed by atoms with van der Waals surface area (Å²) in [5, 5.41) is 3.60. The van der Waals surface area contributed by atoms with E-state index < -0.39 is 5.67 Å². The average Bonchev–Trinajstić information content (AvgIpc) is 2.14. The van der Waals surface area contributed by atoms with Crippen LogP contribution in [0.15, 0.2) is 11.6 Å². The predicted octanol–water partition coefficient (Wildman–Crippen LogP) is 3.99. The number of rotatable bonds is 2. The molecule has 0 aliphatic heterocycles. The molecule has 17 heavy (non-hydrogen) atoms. The maximum atomic E-state index is 13.4. The molecule has 0 spiro atoms. The van der Waals surface area contributed by atoms with Crippen LogP contribution in [0.4, 0.5) is 4.39 Å². The largest absolute Gasteiger partial charge is 0.311 e. The van der Waals surface area contributed by atoms with E-state index in [1.807, 2.05) is 0 Å². The molecular weight excluding hydrogens is 213 g/mol. The molecule has 2 heteroatoms. The van der Waals surface area contributed by atoms with Crippen LogP contribution < -0.4 is 5.32 Å². The van der Waals surface area contributed by atoms with Gasteiger partial charge in [-0.2, -0.15) is 0 Å². The number of halogens is 1. The van der Waals surface area contributed by atoms with Gasteiger partial charge in [0.1, 0.15) is 5.67 Å². The van der Waals surface area contributed by atoms with Crippen molar-refractivity contribution >= 4 is 0 Å². The Bertz CT molecular complexity index is 303. The molecule has 0 heterocycles. The Hall–Kier alpha value is -0.370. The normalized spacial score (nSPS) is 38.5. The minimum atomic E-state index is -0.904. The van der Waals surface area contributed by atoms with Crippen molar-refractivity contribution in [1.29, 1.82) is 0 Å². The van der Waals surface area contributed by atoms with Gasteiger partial charge in [-0.15, -0.1) is 0 Å². The van der Waals surface area contributed by atoms with Crippen LogP contribution >= 0.6 is 0 Å². The molecule has 2 rings (SSSR count). The Morgan fingerprint density at radius 2 is 1.94 bits per heavy atom. The molecule has 2 aliphatic carbocycles. The third-order valence-corrected chi connectivity index (χ3v) is 4.19. The van der Waals surface area contributed by atoms with Gasteiger partial charge < -0.3 is 5.32 Å². The standard InChI is InChI=1S/C15H26FN/c1-14(2,3)11-5-7-12(8-6-11)17-13-9-15(4,16)10-13/h5,12-13,17H,6-10H2,1-4H3/t12-,13?,15?/m0/s1. The predicted molar refractivity (Wildman–Crippen MR) is 70.8 cm³/mol. The molecule has 1 nitrogen and oxygen atoms in total. The summed E-state index contributed by atoms with van der Waals surface area (Å²) in [6.07, 6.45) is 7.31. The second-order valence-corrected chi connectivity index (χ2v) is 7.14. The molecule has 1 atom stereocenters. The number of hydrogen-bond donors (Lipinski definition) is 1. The second-order valence-electron chi connectivity index (χ2n) is 7.14. The fraction of sp³-hybridized carbons (Fsp3) is 0.867. The van der Waals surface area contributed by atoms with E-state index in [1.54, 1.807) is 12.5 Å². The summed E-state index contributed by atoms with van der Waals surface area (Å²) < 4.78 is 13.4. The maximum absolute atomic E-state index is 13.4. The molecule has 0 radical (unpaired) electrons. The number of alkyl halides is 1. The van der Waals surface area contributed by atoms with Gasteiger partial charge in [0.2, 0.25) is 0 Å². The highest BCUT2D eigenvalue weighted by Crippen LogP contribution is 2.37. The van der Waals surface area contributed by atoms with Crippen LogP contribution in [0.3, 0.4) is 0 Å². The van der Waals surface area contributed by atoms with Gasteiger partial charge >= 0.3 is 0 Å². The molecule has 0 aromatic heterocycles. The van der Waals surface area contributed by atoms with Gasteiger partial charge in [0.15, 0.2) is 0 Å². The lowest BCUT2D eigenvalue weighted by Gasteiger charge is -2.42. The molecular formula is C15H26FN. The molecule has 0 bridgehead atoms. The number of allylic oxidation sites excluding steroid dienone is 1. The number of nitrogens with one attached hydrogen (secondary N) is 1. The topological polar surface area (TPSA) is 12.0 Å². The van der Waals surface area contributed by atoms with E-state index in [-0.39, 0.29) is 0 Å². The van der Waals surface area contributed by atoms with E-state index in [0.29, 0.717) is 30.3 Å². The highest BCUT2D eigenvalue weighted by Gasteiger charge is 2.41. The number of hydrogen-bond acceptors (Lipinski definition) is 1. The van der Waals surface area contributed by atoms with Crippen molar-refractivity contribution in [3.63, 3.8) is 0 Å². The molecule has 0 unspecified atom stereocenters. The van der Waals surface area contributed by atoms with Gasteiger partial charge in [-0.1, -0.05) is 32.4 Å². The first-order chi connectivity index (χ1) is 7.76. The van der Waals surface area contributed by atoms with Crippen LogP contribution in [0.1, 0.15) is 59.8 Å². The summed E-state index contributed by atoms with van der Waals surface area (Å²) >= 11 is 0. The quantitative estimate of drug-likeness (QED) is 0.718. The lowest BCUT2D eigenvalue weighted by molar-refractivity contribution is 0.0421. The van der Waals surface area contributed by atoms with Crippen LogP contribution in [0.2, 0.25) is 0 Å². The van der Waals surface area contributed by atoms with Crippen LogP contribution in [0, 0.1) is 5.41 Å². The molecule has 0 aromatic carbocycles. The van der Waals surface area contributed by atoms with Gasteiger partial charge in [-0.3, -0.25) is 0 Å². The van der Waals surface area contributed by atoms with E-state index in [4.69, 9.17) is 0 Å². The third kappa shape index (κ3) is 3.31. The second kappa shape index (κ2) is 4.38. The van der Waals surface area contributed by atoms with E-state index in [2.05, 4.69) is 32.2 Å². The summed E-state index contributed by atoms with van der Waals surface area (Å²) in [7, 11) is 0. The van der Waals surface area contributed by atoms with E-state index in [0.717, 1.165) is 6.42 Å². The van der Waals surface area contributed by atoms with Crippen molar-refractivity contribution in [2.75, 3.05) is 0 Å². The maximum Gasteiger partial charge on any atom is 0.111 e. The summed E-state index contributed by atoms with van der Waals surface area (Å²) in [6.45, 7) is 8.57. The first-order valence-electron chi connectivity index (χ1n) is 6.91. The van der Waals surface area contributed by atoms with Crippen molar-refractivity contribution in [2.24, 2.45) is 5.41 Å². The lowest BCUT2D eigenvalue weighted by Crippen LogP contribution is -2.52. The fourth-order valence-electron chi connectivity index (χ4n) is 3.09. The Balaban J connectivity index is 1.78. The van der Waals surface area contributed by atoms with Crippen molar-refractivity contribution in [1.82, 2.24) is 5.32 Å². The molecule has 0 aromatic rings. The Kier molecular flexibility index (Phi) is 3.37. The fourth-order valence-corrected chi connectivity index (χ4v) is 3.09. The smallest absolute Gasteiger partial charge is 0.111 e. The van der Waals surface area contributed by atoms with E-state index in [1.165, 1.54) is 12.8 Å². The first-order valence-corrected chi connectivity index (χ1v) is 6.91. The van der Waals surface area contributed by atoms with Crippen LogP contribution in [0.25, 0.3) is 0 Å². The summed E-state index contributed by atoms with van der Waals surface area (Å²) in [4.78, 5) is 0. The highest BCUT2D eigenvalue weighted by atomic mass is 19.1. The van der Waals surface area contributed by atoms with Gasteiger partial charge in [-0.25, -0.2) is 4.39 Å². The van der Waals surface area contributed by atoms with Crippen molar-refractivity contribution in [3.05, 3.63) is 11.6 Å². The van der Waals surface area contributed by atoms with Crippen molar-refractivity contribution in [3.8, 4) is 0 Å². The highest BCUT2D eigenvalue weighted by molar-refractivity contribution is 5.15. The van der Waals surface area contributed by atoms with Gasteiger partial charge in [0, 0.05) is 12.1 Å². The summed E-state index contributed by atoms with van der Waals surface area (Å²) in [6, 6.07) is 0.988. The zero-order chi connectivity index (χ0) is 12.7. The Morgan fingerprint density at radius 1 is 1.29 bits per heavy atom. The molecule has 1 N–H and O–H groups in total. The minimum Gasteiger partial charge on any atom is -0.311 e. The SMILES string of the molecule is CC1(F)CC(N[C@H]2CC=C(C(C)(C)C)CC2)C1. The molecule has 2 aliphatic rings. The van der Waals surface area contributed by atoms with Crippen LogP contribution in [-0.4, -0.2) is 17.8 Å². The van der Waals surface area contributed by atoms with Crippen molar-refractivity contribution < 1.29 is 4.39 Å². The summed E-state index contributed by atoms with van der Waals surface area (Å²) in [5.74, 6) is 0. The molecule has 1 saturated carbocycles. The Labute approximate surface area is 105 Å². The zero-order valence-corrected chi connectivity index (χ0v) is 11.6. The van der Waals surface area contributed by atoms with Gasteiger partial charge in [0.25, 0.3) is 0 Å². The van der Waals surface area contributed by atoms with Crippen LogP contribution in [-0.2, 0) is 0 Å².